The molecule has 0 spiro atoms. The number of fused-ring (bicyclic) bond motifs is 8. The molecule has 8 aromatic carbocycles. The van der Waals surface area contributed by atoms with Crippen LogP contribution in [0.4, 0.5) is 17.1 Å². The average Bonchev–Trinajstić information content (AvgIpc) is 3.67. The Morgan fingerprint density at radius 1 is 0.431 bits per heavy atom. The molecule has 1 aliphatic heterocycles. The molecule has 0 saturated heterocycles. The Bertz CT molecular complexity index is 2780. The molecular formula is C48H35NOSi. The molecule has 1 aliphatic rings. The molecule has 242 valence electrons. The first-order valence-electron chi connectivity index (χ1n) is 17.7. The molecule has 10 rings (SSSR count). The minimum Gasteiger partial charge on any atom is -0.455 e. The van der Waals surface area contributed by atoms with E-state index >= 15 is 0 Å². The molecule has 0 N–H and O–H groups in total. The maximum absolute atomic E-state index is 6.60. The normalized spacial score (nSPS) is 13.1. The topological polar surface area (TPSA) is 16.4 Å². The Balaban J connectivity index is 1.14. The number of hydrogen-bond acceptors (Lipinski definition) is 2. The third kappa shape index (κ3) is 4.77. The summed E-state index contributed by atoms with van der Waals surface area (Å²) < 4.78 is 6.60. The third-order valence-electron chi connectivity index (χ3n) is 10.8. The van der Waals surface area contributed by atoms with Crippen molar-refractivity contribution >= 4 is 68.2 Å². The van der Waals surface area contributed by atoms with Crippen LogP contribution in [0.5, 0.6) is 0 Å². The minimum atomic E-state index is -2.06. The van der Waals surface area contributed by atoms with Crippen molar-refractivity contribution in [2.45, 2.75) is 13.1 Å². The van der Waals surface area contributed by atoms with Crippen LogP contribution in [0.15, 0.2) is 180 Å². The Labute approximate surface area is 298 Å². The van der Waals surface area contributed by atoms with Gasteiger partial charge in [-0.1, -0.05) is 140 Å². The summed E-state index contributed by atoms with van der Waals surface area (Å²) in [5, 5.41) is 7.76. The Morgan fingerprint density at radius 3 is 1.96 bits per heavy atom. The molecule has 51 heavy (non-hydrogen) atoms. The number of nitrogens with zero attached hydrogens (tertiary/aromatic N) is 1. The van der Waals surface area contributed by atoms with Crippen molar-refractivity contribution in [1.29, 1.82) is 0 Å². The Morgan fingerprint density at radius 2 is 1.10 bits per heavy atom. The lowest BCUT2D eigenvalue weighted by Gasteiger charge is -2.28. The van der Waals surface area contributed by atoms with Crippen LogP contribution in [0.1, 0.15) is 0 Å². The van der Waals surface area contributed by atoms with Crippen LogP contribution in [0.25, 0.3) is 66.1 Å². The number of furan rings is 1. The molecule has 1 aromatic heterocycles. The smallest absolute Gasteiger partial charge is 0.143 e. The van der Waals surface area contributed by atoms with Gasteiger partial charge in [-0.2, -0.15) is 0 Å². The summed E-state index contributed by atoms with van der Waals surface area (Å²) in [5.74, 6) is 0. The van der Waals surface area contributed by atoms with Crippen molar-refractivity contribution in [1.82, 2.24) is 0 Å². The number of hydrogen-bond donors (Lipinski definition) is 0. The van der Waals surface area contributed by atoms with Crippen molar-refractivity contribution in [3.63, 3.8) is 0 Å². The van der Waals surface area contributed by atoms with E-state index in [9.17, 15) is 0 Å². The highest BCUT2D eigenvalue weighted by Gasteiger charge is 2.40. The summed E-state index contributed by atoms with van der Waals surface area (Å²) in [5.41, 5.74) is 12.8. The highest BCUT2D eigenvalue weighted by molar-refractivity contribution is 7.04. The summed E-state index contributed by atoms with van der Waals surface area (Å²) in [4.78, 5) is 2.42. The first-order valence-corrected chi connectivity index (χ1v) is 20.7. The quantitative estimate of drug-likeness (QED) is 0.170. The van der Waals surface area contributed by atoms with Crippen LogP contribution in [-0.2, 0) is 0 Å². The summed E-state index contributed by atoms with van der Waals surface area (Å²) >= 11 is 0. The molecule has 0 aliphatic carbocycles. The monoisotopic (exact) mass is 669 g/mol. The SMILES string of the molecule is C[Si]1(C)c2cc(N(c3ccc(-c4ccccc4)cc3)c3cccc(-c4ccc5ccccc5c4)c3)ccc2-c2c1ccc1c2oc2ccccc21. The van der Waals surface area contributed by atoms with Gasteiger partial charge in [0.2, 0.25) is 0 Å². The van der Waals surface area contributed by atoms with E-state index < -0.39 is 8.07 Å². The lowest BCUT2D eigenvalue weighted by molar-refractivity contribution is 0.670. The molecule has 0 atom stereocenters. The zero-order valence-electron chi connectivity index (χ0n) is 28.6. The van der Waals surface area contributed by atoms with E-state index in [-0.39, 0.29) is 0 Å². The summed E-state index contributed by atoms with van der Waals surface area (Å²) in [6, 6.07) is 64.1. The van der Waals surface area contributed by atoms with E-state index in [1.165, 1.54) is 65.3 Å². The molecule has 9 aromatic rings. The predicted octanol–water partition coefficient (Wildman–Crippen LogP) is 12.3. The van der Waals surface area contributed by atoms with E-state index in [1.54, 1.807) is 0 Å². The van der Waals surface area contributed by atoms with E-state index in [0.717, 1.165) is 28.2 Å². The molecule has 0 unspecified atom stereocenters. The molecular weight excluding hydrogens is 635 g/mol. The van der Waals surface area contributed by atoms with Gasteiger partial charge in [0.15, 0.2) is 0 Å². The second-order valence-electron chi connectivity index (χ2n) is 14.2. The molecule has 3 heteroatoms. The largest absolute Gasteiger partial charge is 0.455 e. The van der Waals surface area contributed by atoms with Gasteiger partial charge in [-0.25, -0.2) is 0 Å². The zero-order chi connectivity index (χ0) is 34.1. The molecule has 0 saturated carbocycles. The molecule has 2 nitrogen and oxygen atoms in total. The fourth-order valence-corrected chi connectivity index (χ4v) is 11.3. The molecule has 0 radical (unpaired) electrons. The van der Waals surface area contributed by atoms with Crippen LogP contribution < -0.4 is 15.3 Å². The zero-order valence-corrected chi connectivity index (χ0v) is 29.6. The van der Waals surface area contributed by atoms with Gasteiger partial charge in [0.05, 0.1) is 0 Å². The number of rotatable bonds is 5. The van der Waals surface area contributed by atoms with Crippen molar-refractivity contribution in [2.75, 3.05) is 4.90 Å². The van der Waals surface area contributed by atoms with Crippen molar-refractivity contribution < 1.29 is 4.42 Å². The fourth-order valence-electron chi connectivity index (χ4n) is 8.20. The molecule has 0 fully saturated rings. The van der Waals surface area contributed by atoms with Gasteiger partial charge in [-0.15, -0.1) is 0 Å². The Hall–Kier alpha value is -6.16. The lowest BCUT2D eigenvalue weighted by Crippen LogP contribution is -2.49. The van der Waals surface area contributed by atoms with Crippen LogP contribution in [0.2, 0.25) is 13.1 Å². The van der Waals surface area contributed by atoms with Crippen molar-refractivity contribution in [3.8, 4) is 33.4 Å². The van der Waals surface area contributed by atoms with Gasteiger partial charge in [0, 0.05) is 33.4 Å². The van der Waals surface area contributed by atoms with E-state index in [4.69, 9.17) is 4.42 Å². The third-order valence-corrected chi connectivity index (χ3v) is 14.4. The standard InChI is InChI=1S/C48H35NOSi/c1-51(2)45-28-27-42-41-17-8-9-18-44(41)50-48(42)47(45)43-26-25-40(31-46(43)51)49(38-23-21-34(22-24-38)32-11-4-3-5-12-32)39-16-10-15-36(30-39)37-20-19-33-13-6-7-14-35(33)29-37/h3-31H,1-2H3. The first-order chi connectivity index (χ1) is 25.0. The predicted molar refractivity (Wildman–Crippen MR) is 219 cm³/mol. The van der Waals surface area contributed by atoms with Gasteiger partial charge >= 0.3 is 0 Å². The van der Waals surface area contributed by atoms with Gasteiger partial charge < -0.3 is 9.32 Å². The summed E-state index contributed by atoms with van der Waals surface area (Å²) in [6.07, 6.45) is 0. The van der Waals surface area contributed by atoms with Crippen LogP contribution >= 0.6 is 0 Å². The Kier molecular flexibility index (Phi) is 6.67. The van der Waals surface area contributed by atoms with Gasteiger partial charge in [-0.05, 0) is 97.5 Å². The maximum atomic E-state index is 6.60. The highest BCUT2D eigenvalue weighted by Crippen LogP contribution is 2.42. The van der Waals surface area contributed by atoms with Crippen molar-refractivity contribution in [2.24, 2.45) is 0 Å². The minimum absolute atomic E-state index is 0.946. The number of benzene rings is 8. The first kappa shape index (κ1) is 29.7. The summed E-state index contributed by atoms with van der Waals surface area (Å²) in [6.45, 7) is 4.96. The van der Waals surface area contributed by atoms with Gasteiger partial charge in [0.1, 0.15) is 19.2 Å². The number of anilines is 3. The van der Waals surface area contributed by atoms with Crippen LogP contribution in [-0.4, -0.2) is 8.07 Å². The van der Waals surface area contributed by atoms with Crippen LogP contribution in [0.3, 0.4) is 0 Å². The van der Waals surface area contributed by atoms with E-state index in [2.05, 4.69) is 194 Å². The second kappa shape index (κ2) is 11.4. The molecule has 0 bridgehead atoms. The number of para-hydroxylation sites is 1. The van der Waals surface area contributed by atoms with Gasteiger partial charge in [-0.3, -0.25) is 0 Å². The van der Waals surface area contributed by atoms with Crippen LogP contribution in [0, 0.1) is 0 Å². The van der Waals surface area contributed by atoms with E-state index in [1.807, 2.05) is 0 Å². The molecule has 2 heterocycles. The second-order valence-corrected chi connectivity index (χ2v) is 18.5. The average molecular weight is 670 g/mol. The molecule has 0 amide bonds. The van der Waals surface area contributed by atoms with E-state index in [0.29, 0.717) is 0 Å². The van der Waals surface area contributed by atoms with Gasteiger partial charge in [0.25, 0.3) is 0 Å². The van der Waals surface area contributed by atoms with Crippen molar-refractivity contribution in [3.05, 3.63) is 176 Å². The fraction of sp³-hybridized carbons (Fsp3) is 0.0417. The lowest BCUT2D eigenvalue weighted by atomic mass is 10.00. The highest BCUT2D eigenvalue weighted by atomic mass is 28.3. The summed E-state index contributed by atoms with van der Waals surface area (Å²) in [7, 11) is -2.06. The maximum Gasteiger partial charge on any atom is 0.143 e.